The van der Waals surface area contributed by atoms with Crippen LogP contribution < -0.4 is 20.3 Å². The summed E-state index contributed by atoms with van der Waals surface area (Å²) in [5.74, 6) is 0.233. The van der Waals surface area contributed by atoms with Crippen LogP contribution in [0.25, 0.3) is 6.08 Å². The van der Waals surface area contributed by atoms with Crippen molar-refractivity contribution >= 4 is 46.6 Å². The van der Waals surface area contributed by atoms with Crippen LogP contribution in [-0.2, 0) is 11.2 Å². The quantitative estimate of drug-likeness (QED) is 0.412. The second-order valence-corrected chi connectivity index (χ2v) is 7.81. The predicted octanol–water partition coefficient (Wildman–Crippen LogP) is 4.77. The Bertz CT molecular complexity index is 1250. The van der Waals surface area contributed by atoms with Crippen LogP contribution >= 0.6 is 12.2 Å². The standard InChI is InChI=1S/C26H23N3O3S/c1-3-18-8-4-5-10-23(18)29-25(31)22(28-26(29)33)16-17-7-6-9-20(15-17)27-24(30)19-11-13-21(32-2)14-12-19/h4-16H,3H2,1-2H3,(H,27,30)(H,28,33)/b22-16+. The Labute approximate surface area is 197 Å². The molecule has 1 aliphatic heterocycles. The minimum Gasteiger partial charge on any atom is -0.497 e. The van der Waals surface area contributed by atoms with Gasteiger partial charge < -0.3 is 15.4 Å². The van der Waals surface area contributed by atoms with Crippen LogP contribution in [0.2, 0.25) is 0 Å². The molecule has 1 saturated heterocycles. The van der Waals surface area contributed by atoms with Crippen molar-refractivity contribution in [3.63, 3.8) is 0 Å². The highest BCUT2D eigenvalue weighted by atomic mass is 32.1. The van der Waals surface area contributed by atoms with Gasteiger partial charge in [-0.2, -0.15) is 0 Å². The molecular weight excluding hydrogens is 434 g/mol. The van der Waals surface area contributed by atoms with Crippen LogP contribution in [0.4, 0.5) is 11.4 Å². The van der Waals surface area contributed by atoms with E-state index in [1.807, 2.05) is 43.3 Å². The molecule has 166 valence electrons. The van der Waals surface area contributed by atoms with E-state index in [0.29, 0.717) is 27.8 Å². The lowest BCUT2D eigenvalue weighted by Crippen LogP contribution is -2.31. The fourth-order valence-corrected chi connectivity index (χ4v) is 3.89. The second kappa shape index (κ2) is 9.67. The number of rotatable bonds is 6. The Balaban J connectivity index is 1.54. The highest BCUT2D eigenvalue weighted by Crippen LogP contribution is 2.27. The van der Waals surface area contributed by atoms with Gasteiger partial charge in [0.2, 0.25) is 0 Å². The van der Waals surface area contributed by atoms with E-state index in [9.17, 15) is 9.59 Å². The van der Waals surface area contributed by atoms with E-state index in [1.165, 1.54) is 4.90 Å². The van der Waals surface area contributed by atoms with Crippen LogP contribution in [-0.4, -0.2) is 24.0 Å². The molecule has 0 bridgehead atoms. The van der Waals surface area contributed by atoms with Crippen LogP contribution in [0.15, 0.2) is 78.5 Å². The molecule has 0 aliphatic carbocycles. The van der Waals surface area contributed by atoms with Crippen molar-refractivity contribution in [1.29, 1.82) is 0 Å². The smallest absolute Gasteiger partial charge is 0.281 e. The summed E-state index contributed by atoms with van der Waals surface area (Å²) in [5, 5.41) is 6.24. The van der Waals surface area contributed by atoms with Crippen molar-refractivity contribution in [2.75, 3.05) is 17.3 Å². The van der Waals surface area contributed by atoms with Gasteiger partial charge in [0.15, 0.2) is 5.11 Å². The number of para-hydroxylation sites is 1. The van der Waals surface area contributed by atoms with Gasteiger partial charge in [0.1, 0.15) is 11.4 Å². The molecule has 1 heterocycles. The van der Waals surface area contributed by atoms with Gasteiger partial charge >= 0.3 is 0 Å². The molecule has 33 heavy (non-hydrogen) atoms. The number of anilines is 2. The molecular formula is C26H23N3O3S. The van der Waals surface area contributed by atoms with E-state index >= 15 is 0 Å². The van der Waals surface area contributed by atoms with Crippen molar-refractivity contribution in [3.05, 3.63) is 95.2 Å². The molecule has 0 spiro atoms. The first kappa shape index (κ1) is 22.2. The average molecular weight is 458 g/mol. The maximum absolute atomic E-state index is 13.1. The number of benzene rings is 3. The molecule has 4 rings (SSSR count). The molecule has 1 fully saturated rings. The van der Waals surface area contributed by atoms with Crippen LogP contribution in [0.1, 0.15) is 28.4 Å². The summed E-state index contributed by atoms with van der Waals surface area (Å²) in [7, 11) is 1.58. The third-order valence-corrected chi connectivity index (χ3v) is 5.58. The SMILES string of the molecule is CCc1ccccc1N1C(=O)/C(=C\c2cccc(NC(=O)c3ccc(OC)cc3)c2)NC1=S. The molecule has 0 radical (unpaired) electrons. The van der Waals surface area contributed by atoms with E-state index in [4.69, 9.17) is 17.0 Å². The van der Waals surface area contributed by atoms with E-state index in [-0.39, 0.29) is 11.8 Å². The lowest BCUT2D eigenvalue weighted by atomic mass is 10.1. The number of carbonyl (C=O) groups is 2. The van der Waals surface area contributed by atoms with Crippen molar-refractivity contribution in [3.8, 4) is 5.75 Å². The van der Waals surface area contributed by atoms with Crippen molar-refractivity contribution in [2.45, 2.75) is 13.3 Å². The summed E-state index contributed by atoms with van der Waals surface area (Å²) in [6.45, 7) is 2.04. The van der Waals surface area contributed by atoms with E-state index in [2.05, 4.69) is 10.6 Å². The average Bonchev–Trinajstić information content (AvgIpc) is 3.11. The zero-order valence-electron chi connectivity index (χ0n) is 18.3. The van der Waals surface area contributed by atoms with E-state index < -0.39 is 0 Å². The van der Waals surface area contributed by atoms with Crippen molar-refractivity contribution in [1.82, 2.24) is 5.32 Å². The van der Waals surface area contributed by atoms with Gasteiger partial charge in [0.25, 0.3) is 11.8 Å². The monoisotopic (exact) mass is 457 g/mol. The Hall–Kier alpha value is -3.97. The number of thiocarbonyl (C=S) groups is 1. The van der Waals surface area contributed by atoms with Crippen molar-refractivity contribution < 1.29 is 14.3 Å². The normalized spacial score (nSPS) is 14.4. The number of hydrogen-bond acceptors (Lipinski definition) is 4. The lowest BCUT2D eigenvalue weighted by Gasteiger charge is -2.17. The Morgan fingerprint density at radius 2 is 1.85 bits per heavy atom. The summed E-state index contributed by atoms with van der Waals surface area (Å²) < 4.78 is 5.13. The summed E-state index contributed by atoms with van der Waals surface area (Å²) in [4.78, 5) is 27.2. The molecule has 0 saturated carbocycles. The number of amides is 2. The van der Waals surface area contributed by atoms with Crippen LogP contribution in [0.5, 0.6) is 5.75 Å². The molecule has 3 aromatic rings. The van der Waals surface area contributed by atoms with Gasteiger partial charge in [-0.05, 0) is 78.3 Å². The Morgan fingerprint density at radius 1 is 1.09 bits per heavy atom. The number of nitrogens with zero attached hydrogens (tertiary/aromatic N) is 1. The van der Waals surface area contributed by atoms with Gasteiger partial charge in [-0.15, -0.1) is 0 Å². The number of nitrogens with one attached hydrogen (secondary N) is 2. The zero-order valence-corrected chi connectivity index (χ0v) is 19.1. The summed E-state index contributed by atoms with van der Waals surface area (Å²) in [5.41, 5.74) is 4.09. The molecule has 7 heteroatoms. The van der Waals surface area contributed by atoms with Crippen LogP contribution in [0, 0.1) is 0 Å². The maximum atomic E-state index is 13.1. The van der Waals surface area contributed by atoms with Gasteiger partial charge in [0.05, 0.1) is 12.8 Å². The molecule has 6 nitrogen and oxygen atoms in total. The Morgan fingerprint density at radius 3 is 2.58 bits per heavy atom. The topological polar surface area (TPSA) is 70.7 Å². The zero-order chi connectivity index (χ0) is 23.4. The predicted molar refractivity (Wildman–Crippen MR) is 134 cm³/mol. The lowest BCUT2D eigenvalue weighted by molar-refractivity contribution is -0.113. The Kier molecular flexibility index (Phi) is 6.51. The highest BCUT2D eigenvalue weighted by Gasteiger charge is 2.32. The summed E-state index contributed by atoms with van der Waals surface area (Å²) >= 11 is 5.44. The molecule has 1 aliphatic rings. The maximum Gasteiger partial charge on any atom is 0.281 e. The summed E-state index contributed by atoms with van der Waals surface area (Å²) in [6, 6.07) is 21.9. The molecule has 3 aromatic carbocycles. The van der Waals surface area contributed by atoms with Crippen LogP contribution in [0.3, 0.4) is 0 Å². The number of carbonyl (C=O) groups excluding carboxylic acids is 2. The first-order chi connectivity index (χ1) is 16.0. The molecule has 0 unspecified atom stereocenters. The van der Waals surface area contributed by atoms with Gasteiger partial charge in [0, 0.05) is 11.3 Å². The van der Waals surface area contributed by atoms with Gasteiger partial charge in [-0.1, -0.05) is 37.3 Å². The number of hydrogen-bond donors (Lipinski definition) is 2. The highest BCUT2D eigenvalue weighted by molar-refractivity contribution is 7.80. The van der Waals surface area contributed by atoms with Crippen molar-refractivity contribution in [2.24, 2.45) is 0 Å². The van der Waals surface area contributed by atoms with E-state index in [0.717, 1.165) is 23.2 Å². The first-order valence-electron chi connectivity index (χ1n) is 10.5. The van der Waals surface area contributed by atoms with Gasteiger partial charge in [-0.3, -0.25) is 14.5 Å². The second-order valence-electron chi connectivity index (χ2n) is 7.42. The molecule has 0 aromatic heterocycles. The summed E-state index contributed by atoms with van der Waals surface area (Å²) in [6.07, 6.45) is 2.52. The van der Waals surface area contributed by atoms with E-state index in [1.54, 1.807) is 49.6 Å². The minimum atomic E-state index is -0.235. The third-order valence-electron chi connectivity index (χ3n) is 5.30. The first-order valence-corrected chi connectivity index (χ1v) is 10.9. The molecule has 2 N–H and O–H groups in total. The fraction of sp³-hybridized carbons (Fsp3) is 0.115. The minimum absolute atomic E-state index is 0.214. The number of ether oxygens (including phenoxy) is 1. The molecule has 2 amide bonds. The van der Waals surface area contributed by atoms with Gasteiger partial charge in [-0.25, -0.2) is 0 Å². The molecule has 0 atom stereocenters. The number of methoxy groups -OCH3 is 1. The number of aryl methyl sites for hydroxylation is 1. The largest absolute Gasteiger partial charge is 0.497 e. The third kappa shape index (κ3) is 4.78. The fourth-order valence-electron chi connectivity index (χ4n) is 3.60.